The van der Waals surface area contributed by atoms with Gasteiger partial charge in [-0.3, -0.25) is 5.10 Å². The molecule has 14 heavy (non-hydrogen) atoms. The summed E-state index contributed by atoms with van der Waals surface area (Å²) in [5.41, 5.74) is 3.41. The summed E-state index contributed by atoms with van der Waals surface area (Å²) in [5, 5.41) is 3.19. The number of nitrogens with zero attached hydrogens (tertiary/aromatic N) is 1. The van der Waals surface area contributed by atoms with Gasteiger partial charge in [0.05, 0.1) is 5.69 Å². The summed E-state index contributed by atoms with van der Waals surface area (Å²) in [7, 11) is 0. The standard InChI is InChI=1S/C11H12N2S/c1-8-3-5-10(6-4-8)13-11(14)7-9(2)12-13/h3-7,12H,1-2H3. The van der Waals surface area contributed by atoms with E-state index in [0.29, 0.717) is 0 Å². The van der Waals surface area contributed by atoms with Gasteiger partial charge in [-0.1, -0.05) is 29.9 Å². The molecule has 0 amide bonds. The fourth-order valence-corrected chi connectivity index (χ4v) is 1.73. The van der Waals surface area contributed by atoms with E-state index in [1.54, 1.807) is 0 Å². The number of aryl methyl sites for hydroxylation is 2. The van der Waals surface area contributed by atoms with Crippen molar-refractivity contribution in [1.29, 1.82) is 0 Å². The van der Waals surface area contributed by atoms with Gasteiger partial charge in [-0.05, 0) is 32.0 Å². The zero-order valence-electron chi connectivity index (χ0n) is 8.24. The average Bonchev–Trinajstić information content (AvgIpc) is 2.47. The quantitative estimate of drug-likeness (QED) is 0.708. The minimum atomic E-state index is 0.811. The van der Waals surface area contributed by atoms with E-state index in [0.717, 1.165) is 16.0 Å². The molecule has 2 rings (SSSR count). The van der Waals surface area contributed by atoms with Crippen molar-refractivity contribution < 1.29 is 0 Å². The third kappa shape index (κ3) is 1.63. The summed E-state index contributed by atoms with van der Waals surface area (Å²) in [4.78, 5) is 0. The van der Waals surface area contributed by atoms with Crippen LogP contribution in [0.3, 0.4) is 0 Å². The molecule has 72 valence electrons. The second kappa shape index (κ2) is 3.42. The Morgan fingerprint density at radius 3 is 2.29 bits per heavy atom. The number of benzene rings is 1. The van der Waals surface area contributed by atoms with Crippen molar-refractivity contribution >= 4 is 12.2 Å². The molecule has 0 unspecified atom stereocenters. The highest BCUT2D eigenvalue weighted by Gasteiger charge is 1.98. The highest BCUT2D eigenvalue weighted by Crippen LogP contribution is 2.10. The molecule has 0 spiro atoms. The summed E-state index contributed by atoms with van der Waals surface area (Å²) in [5.74, 6) is 0. The number of aromatic amines is 1. The minimum Gasteiger partial charge on any atom is -0.297 e. The van der Waals surface area contributed by atoms with E-state index < -0.39 is 0 Å². The first-order chi connectivity index (χ1) is 6.66. The van der Waals surface area contributed by atoms with Gasteiger partial charge in [0.15, 0.2) is 0 Å². The predicted molar refractivity (Wildman–Crippen MR) is 60.4 cm³/mol. The van der Waals surface area contributed by atoms with Gasteiger partial charge in [0, 0.05) is 5.69 Å². The third-order valence-corrected chi connectivity index (χ3v) is 2.44. The Morgan fingerprint density at radius 2 is 1.79 bits per heavy atom. The van der Waals surface area contributed by atoms with Gasteiger partial charge < -0.3 is 0 Å². The molecule has 0 bridgehead atoms. The lowest BCUT2D eigenvalue weighted by molar-refractivity contribution is 0.852. The van der Waals surface area contributed by atoms with E-state index in [1.165, 1.54) is 5.56 Å². The van der Waals surface area contributed by atoms with Gasteiger partial charge in [0.25, 0.3) is 0 Å². The number of hydrogen-bond donors (Lipinski definition) is 1. The summed E-state index contributed by atoms with van der Waals surface area (Å²) >= 11 is 5.22. The molecule has 0 radical (unpaired) electrons. The molecule has 2 nitrogen and oxygen atoms in total. The number of rotatable bonds is 1. The SMILES string of the molecule is Cc1ccc(-n2[nH]c(C)cc2=S)cc1. The Labute approximate surface area is 88.2 Å². The van der Waals surface area contributed by atoms with E-state index in [-0.39, 0.29) is 0 Å². The van der Waals surface area contributed by atoms with Crippen LogP contribution in [0.2, 0.25) is 0 Å². The molecule has 3 heteroatoms. The zero-order chi connectivity index (χ0) is 10.1. The van der Waals surface area contributed by atoms with Crippen LogP contribution in [0.1, 0.15) is 11.3 Å². The van der Waals surface area contributed by atoms with E-state index in [9.17, 15) is 0 Å². The molecule has 0 saturated heterocycles. The lowest BCUT2D eigenvalue weighted by Crippen LogP contribution is -1.96. The second-order valence-corrected chi connectivity index (χ2v) is 3.87. The van der Waals surface area contributed by atoms with Crippen molar-refractivity contribution in [2.45, 2.75) is 13.8 Å². The smallest absolute Gasteiger partial charge is 0.127 e. The zero-order valence-corrected chi connectivity index (χ0v) is 9.06. The van der Waals surface area contributed by atoms with Crippen molar-refractivity contribution in [2.75, 3.05) is 0 Å². The van der Waals surface area contributed by atoms with Gasteiger partial charge in [-0.2, -0.15) is 0 Å². The number of hydrogen-bond acceptors (Lipinski definition) is 1. The third-order valence-electron chi connectivity index (χ3n) is 2.14. The van der Waals surface area contributed by atoms with Crippen LogP contribution in [-0.2, 0) is 0 Å². The first kappa shape index (κ1) is 9.21. The molecule has 1 aromatic carbocycles. The lowest BCUT2D eigenvalue weighted by Gasteiger charge is -2.02. The van der Waals surface area contributed by atoms with Crippen molar-refractivity contribution in [3.05, 3.63) is 46.2 Å². The van der Waals surface area contributed by atoms with Gasteiger partial charge in [0.1, 0.15) is 4.64 Å². The van der Waals surface area contributed by atoms with Crippen LogP contribution < -0.4 is 0 Å². The Kier molecular flexibility index (Phi) is 2.25. The molecule has 1 N–H and O–H groups in total. The molecule has 0 aliphatic rings. The molecule has 0 fully saturated rings. The Hall–Kier alpha value is -1.35. The summed E-state index contributed by atoms with van der Waals surface area (Å²) in [6.45, 7) is 4.07. The normalized spacial score (nSPS) is 10.4. The number of aromatic nitrogens is 2. The maximum absolute atomic E-state index is 5.22. The van der Waals surface area contributed by atoms with Crippen molar-refractivity contribution in [1.82, 2.24) is 9.78 Å². The van der Waals surface area contributed by atoms with Crippen LogP contribution >= 0.6 is 12.2 Å². The number of nitrogens with one attached hydrogen (secondary N) is 1. The Balaban J connectivity index is 2.54. The average molecular weight is 204 g/mol. The Morgan fingerprint density at radius 1 is 1.14 bits per heavy atom. The number of H-pyrrole nitrogens is 1. The molecular formula is C11H12N2S. The van der Waals surface area contributed by atoms with E-state index >= 15 is 0 Å². The second-order valence-electron chi connectivity index (χ2n) is 3.45. The van der Waals surface area contributed by atoms with Crippen molar-refractivity contribution in [2.24, 2.45) is 0 Å². The molecule has 0 aliphatic carbocycles. The first-order valence-corrected chi connectivity index (χ1v) is 4.93. The molecule has 2 aromatic rings. The van der Waals surface area contributed by atoms with E-state index in [1.807, 2.05) is 17.7 Å². The van der Waals surface area contributed by atoms with Gasteiger partial charge in [0.2, 0.25) is 0 Å². The molecular weight excluding hydrogens is 192 g/mol. The van der Waals surface area contributed by atoms with Crippen molar-refractivity contribution in [3.8, 4) is 5.69 Å². The first-order valence-electron chi connectivity index (χ1n) is 4.52. The Bertz CT molecular complexity index is 491. The maximum Gasteiger partial charge on any atom is 0.127 e. The molecule has 1 heterocycles. The summed E-state index contributed by atoms with van der Waals surface area (Å²) in [6.07, 6.45) is 0. The van der Waals surface area contributed by atoms with Gasteiger partial charge in [-0.15, -0.1) is 0 Å². The van der Waals surface area contributed by atoms with Crippen LogP contribution in [-0.4, -0.2) is 9.78 Å². The van der Waals surface area contributed by atoms with Crippen LogP contribution in [0.4, 0.5) is 0 Å². The topological polar surface area (TPSA) is 20.7 Å². The lowest BCUT2D eigenvalue weighted by atomic mass is 10.2. The maximum atomic E-state index is 5.22. The molecule has 1 aromatic heterocycles. The van der Waals surface area contributed by atoms with Crippen LogP contribution in [0.5, 0.6) is 0 Å². The summed E-state index contributed by atoms with van der Waals surface area (Å²) < 4.78 is 2.72. The molecule has 0 atom stereocenters. The predicted octanol–water partition coefficient (Wildman–Crippen LogP) is 3.15. The van der Waals surface area contributed by atoms with Crippen LogP contribution in [0.25, 0.3) is 5.69 Å². The highest BCUT2D eigenvalue weighted by atomic mass is 32.1. The monoisotopic (exact) mass is 204 g/mol. The fraction of sp³-hybridized carbons (Fsp3) is 0.182. The summed E-state index contributed by atoms with van der Waals surface area (Å²) in [6, 6.07) is 10.2. The fourth-order valence-electron chi connectivity index (χ4n) is 1.40. The minimum absolute atomic E-state index is 0.811. The van der Waals surface area contributed by atoms with Crippen molar-refractivity contribution in [3.63, 3.8) is 0 Å². The highest BCUT2D eigenvalue weighted by molar-refractivity contribution is 7.71. The van der Waals surface area contributed by atoms with Crippen LogP contribution in [0.15, 0.2) is 30.3 Å². The van der Waals surface area contributed by atoms with Crippen LogP contribution in [0, 0.1) is 18.5 Å². The van der Waals surface area contributed by atoms with Gasteiger partial charge >= 0.3 is 0 Å². The molecule has 0 saturated carbocycles. The molecule has 0 aliphatic heterocycles. The van der Waals surface area contributed by atoms with E-state index in [4.69, 9.17) is 12.2 Å². The largest absolute Gasteiger partial charge is 0.297 e. The van der Waals surface area contributed by atoms with Gasteiger partial charge in [-0.25, -0.2) is 4.68 Å². The van der Waals surface area contributed by atoms with E-state index in [2.05, 4.69) is 36.3 Å².